The van der Waals surface area contributed by atoms with E-state index in [-0.39, 0.29) is 0 Å². The topological polar surface area (TPSA) is 110 Å². The van der Waals surface area contributed by atoms with Crippen LogP contribution in [0.4, 0.5) is 5.69 Å². The van der Waals surface area contributed by atoms with Gasteiger partial charge in [-0.15, -0.1) is 5.10 Å². The smallest absolute Gasteiger partial charge is 0.312 e. The van der Waals surface area contributed by atoms with E-state index < -0.39 is 18.3 Å². The molecule has 0 aliphatic heterocycles. The summed E-state index contributed by atoms with van der Waals surface area (Å²) in [4.78, 5) is 21.9. The summed E-state index contributed by atoms with van der Waals surface area (Å²) >= 11 is 0. The Morgan fingerprint density at radius 3 is 2.84 bits per heavy atom. The van der Waals surface area contributed by atoms with Crippen molar-refractivity contribution in [3.05, 3.63) is 30.1 Å². The van der Waals surface area contributed by atoms with Crippen molar-refractivity contribution in [2.45, 2.75) is 13.3 Å². The van der Waals surface area contributed by atoms with Gasteiger partial charge in [0, 0.05) is 5.69 Å². The van der Waals surface area contributed by atoms with E-state index >= 15 is 0 Å². The number of hydrogen-bond acceptors (Lipinski definition) is 5. The standard InChI is InChI=1S/C11H11N5O3/c1-7-2-3-8(16-6-12-14-15-16)4-9(7)13-10(17)5-11(18)19/h2-4,6H,5H2,1H3,(H,13,17)(H,18,19). The van der Waals surface area contributed by atoms with Crippen molar-refractivity contribution in [3.8, 4) is 5.69 Å². The molecule has 8 nitrogen and oxygen atoms in total. The largest absolute Gasteiger partial charge is 0.481 e. The summed E-state index contributed by atoms with van der Waals surface area (Å²) < 4.78 is 1.44. The highest BCUT2D eigenvalue weighted by Gasteiger charge is 2.10. The van der Waals surface area contributed by atoms with Crippen molar-refractivity contribution in [3.63, 3.8) is 0 Å². The normalized spacial score (nSPS) is 10.2. The number of benzene rings is 1. The summed E-state index contributed by atoms with van der Waals surface area (Å²) in [6.45, 7) is 1.81. The molecule has 1 aromatic heterocycles. The molecule has 0 aliphatic carbocycles. The molecular weight excluding hydrogens is 250 g/mol. The Labute approximate surface area is 108 Å². The van der Waals surface area contributed by atoms with Gasteiger partial charge in [0.2, 0.25) is 5.91 Å². The van der Waals surface area contributed by atoms with E-state index in [1.807, 2.05) is 0 Å². The summed E-state index contributed by atoms with van der Waals surface area (Å²) in [5.41, 5.74) is 2.01. The second-order valence-electron chi connectivity index (χ2n) is 3.87. The van der Waals surface area contributed by atoms with Gasteiger partial charge in [0.15, 0.2) is 0 Å². The van der Waals surface area contributed by atoms with Gasteiger partial charge < -0.3 is 10.4 Å². The molecule has 2 rings (SSSR count). The Bertz CT molecular complexity index is 609. The van der Waals surface area contributed by atoms with Crippen LogP contribution in [-0.4, -0.2) is 37.2 Å². The number of aliphatic carboxylic acids is 1. The van der Waals surface area contributed by atoms with Crippen LogP contribution < -0.4 is 5.32 Å². The third-order valence-electron chi connectivity index (χ3n) is 2.42. The third-order valence-corrected chi connectivity index (χ3v) is 2.42. The van der Waals surface area contributed by atoms with E-state index in [1.165, 1.54) is 11.0 Å². The lowest BCUT2D eigenvalue weighted by molar-refractivity contribution is -0.139. The van der Waals surface area contributed by atoms with E-state index in [9.17, 15) is 9.59 Å². The predicted molar refractivity (Wildman–Crippen MR) is 64.8 cm³/mol. The maximum atomic E-state index is 11.4. The van der Waals surface area contributed by atoms with Crippen LogP contribution in [0.25, 0.3) is 5.69 Å². The first-order chi connectivity index (χ1) is 9.06. The van der Waals surface area contributed by atoms with Gasteiger partial charge >= 0.3 is 5.97 Å². The van der Waals surface area contributed by atoms with E-state index in [2.05, 4.69) is 20.8 Å². The number of rotatable bonds is 4. The summed E-state index contributed by atoms with van der Waals surface area (Å²) in [6, 6.07) is 5.25. The second-order valence-corrected chi connectivity index (χ2v) is 3.87. The predicted octanol–water partition coefficient (Wildman–Crippen LogP) is 0.384. The van der Waals surface area contributed by atoms with E-state index in [4.69, 9.17) is 5.11 Å². The van der Waals surface area contributed by atoms with E-state index in [0.29, 0.717) is 11.4 Å². The lowest BCUT2D eigenvalue weighted by atomic mass is 10.1. The second kappa shape index (κ2) is 5.25. The number of nitrogens with zero attached hydrogens (tertiary/aromatic N) is 4. The van der Waals surface area contributed by atoms with Crippen LogP contribution in [0.1, 0.15) is 12.0 Å². The summed E-state index contributed by atoms with van der Waals surface area (Å²) in [6.07, 6.45) is 0.849. The highest BCUT2D eigenvalue weighted by molar-refractivity contribution is 6.01. The Kier molecular flexibility index (Phi) is 3.51. The number of carboxylic acid groups (broad SMARTS) is 1. The van der Waals surface area contributed by atoms with Crippen LogP contribution >= 0.6 is 0 Å². The molecule has 19 heavy (non-hydrogen) atoms. The zero-order chi connectivity index (χ0) is 13.8. The molecule has 0 unspecified atom stereocenters. The van der Waals surface area contributed by atoms with Crippen molar-refractivity contribution < 1.29 is 14.7 Å². The van der Waals surface area contributed by atoms with Gasteiger partial charge in [-0.25, -0.2) is 4.68 Å². The number of aryl methyl sites for hydroxylation is 1. The summed E-state index contributed by atoms with van der Waals surface area (Å²) in [5.74, 6) is -1.75. The molecule has 0 spiro atoms. The van der Waals surface area contributed by atoms with E-state index in [0.717, 1.165) is 5.56 Å². The Hall–Kier alpha value is -2.77. The SMILES string of the molecule is Cc1ccc(-n2cnnn2)cc1NC(=O)CC(=O)O. The van der Waals surface area contributed by atoms with Gasteiger partial charge in [0.25, 0.3) is 0 Å². The van der Waals surface area contributed by atoms with Crippen LogP contribution in [0.3, 0.4) is 0 Å². The van der Waals surface area contributed by atoms with Crippen molar-refractivity contribution in [2.24, 2.45) is 0 Å². The van der Waals surface area contributed by atoms with Gasteiger partial charge in [0.1, 0.15) is 12.7 Å². The first kappa shape index (κ1) is 12.7. The number of carbonyl (C=O) groups is 2. The molecule has 2 N–H and O–H groups in total. The fourth-order valence-corrected chi connectivity index (χ4v) is 1.50. The first-order valence-corrected chi connectivity index (χ1v) is 5.42. The lowest BCUT2D eigenvalue weighted by Crippen LogP contribution is -2.16. The molecule has 0 fully saturated rings. The maximum Gasteiger partial charge on any atom is 0.312 e. The fraction of sp³-hybridized carbons (Fsp3) is 0.182. The van der Waals surface area contributed by atoms with Crippen LogP contribution in [0, 0.1) is 6.92 Å². The number of hydrogen-bond donors (Lipinski definition) is 2. The van der Waals surface area contributed by atoms with Crippen LogP contribution in [0.5, 0.6) is 0 Å². The van der Waals surface area contributed by atoms with E-state index in [1.54, 1.807) is 25.1 Å². The first-order valence-electron chi connectivity index (χ1n) is 5.42. The van der Waals surface area contributed by atoms with Crippen molar-refractivity contribution in [1.29, 1.82) is 0 Å². The average molecular weight is 261 g/mol. The van der Waals surface area contributed by atoms with Crippen molar-refractivity contribution in [1.82, 2.24) is 20.2 Å². The molecule has 1 aromatic carbocycles. The average Bonchev–Trinajstić information content (AvgIpc) is 2.84. The van der Waals surface area contributed by atoms with Crippen molar-refractivity contribution in [2.75, 3.05) is 5.32 Å². The minimum Gasteiger partial charge on any atom is -0.481 e. The number of aromatic nitrogens is 4. The summed E-state index contributed by atoms with van der Waals surface area (Å²) in [5, 5.41) is 21.9. The molecule has 0 saturated heterocycles. The van der Waals surface area contributed by atoms with Crippen molar-refractivity contribution >= 4 is 17.6 Å². The third kappa shape index (κ3) is 3.12. The molecule has 8 heteroatoms. The Morgan fingerprint density at radius 2 is 2.21 bits per heavy atom. The molecule has 1 amide bonds. The molecular formula is C11H11N5O3. The van der Waals surface area contributed by atoms with Gasteiger partial charge in [-0.2, -0.15) is 0 Å². The minimum atomic E-state index is -1.17. The van der Waals surface area contributed by atoms with Crippen LogP contribution in [0.2, 0.25) is 0 Å². The summed E-state index contributed by atoms with van der Waals surface area (Å²) in [7, 11) is 0. The molecule has 0 saturated carbocycles. The quantitative estimate of drug-likeness (QED) is 0.770. The highest BCUT2D eigenvalue weighted by Crippen LogP contribution is 2.19. The minimum absolute atomic E-state index is 0.527. The molecule has 0 radical (unpaired) electrons. The van der Waals surface area contributed by atoms with Gasteiger partial charge in [-0.1, -0.05) is 6.07 Å². The number of anilines is 1. The molecule has 98 valence electrons. The number of amides is 1. The zero-order valence-electron chi connectivity index (χ0n) is 10.1. The number of nitrogens with one attached hydrogen (secondary N) is 1. The number of carbonyl (C=O) groups excluding carboxylic acids is 1. The highest BCUT2D eigenvalue weighted by atomic mass is 16.4. The van der Waals surface area contributed by atoms with Gasteiger partial charge in [-0.05, 0) is 35.0 Å². The van der Waals surface area contributed by atoms with Crippen LogP contribution in [0.15, 0.2) is 24.5 Å². The monoisotopic (exact) mass is 261 g/mol. The van der Waals surface area contributed by atoms with Crippen LogP contribution in [-0.2, 0) is 9.59 Å². The molecule has 0 atom stereocenters. The fourth-order valence-electron chi connectivity index (χ4n) is 1.50. The Morgan fingerprint density at radius 1 is 1.42 bits per heavy atom. The lowest BCUT2D eigenvalue weighted by Gasteiger charge is -2.09. The Balaban J connectivity index is 2.23. The molecule has 1 heterocycles. The number of tetrazole rings is 1. The molecule has 0 aliphatic rings. The number of carboxylic acids is 1. The molecule has 0 bridgehead atoms. The maximum absolute atomic E-state index is 11.4. The molecule has 2 aromatic rings. The zero-order valence-corrected chi connectivity index (χ0v) is 10.1. The van der Waals surface area contributed by atoms with Gasteiger partial charge in [0.05, 0.1) is 5.69 Å². The van der Waals surface area contributed by atoms with Gasteiger partial charge in [-0.3, -0.25) is 9.59 Å².